The fraction of sp³-hybridized carbons (Fsp3) is 0.519. The van der Waals surface area contributed by atoms with E-state index >= 15 is 0 Å². The quantitative estimate of drug-likeness (QED) is 0.301. The standard InChI is InChI=1S/C27H36BrNO4.ClH/c1-3-27(4-2,16-20-13-21-7-5-6-8-22(21)14-20)29-17-23(30)18-33-25-15-19(9-11-24(25)28)10-12-26(31)32;/h5-9,11,15,20,23,29-30H,3-4,10,12-14,16-18H2,1-2H3,(H,31,32);1H/t23-;/m1./s1. The lowest BCUT2D eigenvalue weighted by molar-refractivity contribution is -0.136. The van der Waals surface area contributed by atoms with E-state index in [1.807, 2.05) is 18.2 Å². The number of ether oxygens (including phenoxy) is 1. The average molecular weight is 555 g/mol. The van der Waals surface area contributed by atoms with Crippen LogP contribution in [-0.2, 0) is 24.1 Å². The second kappa shape index (κ2) is 13.5. The molecule has 34 heavy (non-hydrogen) atoms. The zero-order valence-corrected chi connectivity index (χ0v) is 22.5. The second-order valence-corrected chi connectivity index (χ2v) is 10.1. The fourth-order valence-electron chi connectivity index (χ4n) is 4.85. The van der Waals surface area contributed by atoms with Crippen LogP contribution < -0.4 is 10.1 Å². The number of carbonyl (C=O) groups is 1. The van der Waals surface area contributed by atoms with Crippen LogP contribution in [0.15, 0.2) is 46.9 Å². The number of aliphatic hydroxyl groups excluding tert-OH is 1. The molecule has 0 saturated heterocycles. The average Bonchev–Trinajstić information content (AvgIpc) is 3.22. The third kappa shape index (κ3) is 7.98. The lowest BCUT2D eigenvalue weighted by atomic mass is 9.81. The first-order valence-electron chi connectivity index (χ1n) is 12.0. The van der Waals surface area contributed by atoms with Gasteiger partial charge in [0.05, 0.1) is 4.47 Å². The van der Waals surface area contributed by atoms with Crippen molar-refractivity contribution in [3.8, 4) is 5.75 Å². The number of aliphatic hydroxyl groups is 1. The molecule has 3 rings (SSSR count). The first kappa shape index (κ1) is 28.6. The van der Waals surface area contributed by atoms with Crippen molar-refractivity contribution in [2.45, 2.75) is 70.4 Å². The molecular weight excluding hydrogens is 518 g/mol. The number of halogens is 2. The van der Waals surface area contributed by atoms with Crippen molar-refractivity contribution in [2.24, 2.45) is 5.92 Å². The summed E-state index contributed by atoms with van der Waals surface area (Å²) >= 11 is 3.48. The number of nitrogens with one attached hydrogen (secondary N) is 1. The molecule has 0 radical (unpaired) electrons. The molecule has 0 spiro atoms. The number of aliphatic carboxylic acids is 1. The van der Waals surface area contributed by atoms with E-state index in [-0.39, 0.29) is 31.0 Å². The molecule has 0 amide bonds. The molecule has 188 valence electrons. The molecule has 0 saturated carbocycles. The molecule has 0 heterocycles. The Morgan fingerprint density at radius 3 is 2.41 bits per heavy atom. The van der Waals surface area contributed by atoms with E-state index in [0.29, 0.717) is 24.6 Å². The highest BCUT2D eigenvalue weighted by atomic mass is 79.9. The summed E-state index contributed by atoms with van der Waals surface area (Å²) in [5.41, 5.74) is 3.86. The minimum atomic E-state index is -0.821. The Balaban J connectivity index is 0.00000408. The van der Waals surface area contributed by atoms with Crippen molar-refractivity contribution < 1.29 is 19.7 Å². The summed E-state index contributed by atoms with van der Waals surface area (Å²) < 4.78 is 6.66. The molecule has 0 fully saturated rings. The summed E-state index contributed by atoms with van der Waals surface area (Å²) in [5, 5.41) is 23.2. The maximum atomic E-state index is 10.8. The van der Waals surface area contributed by atoms with Crippen LogP contribution in [0.3, 0.4) is 0 Å². The molecule has 0 aromatic heterocycles. The molecule has 3 N–H and O–H groups in total. The van der Waals surface area contributed by atoms with E-state index in [0.717, 1.165) is 42.1 Å². The maximum absolute atomic E-state index is 10.8. The molecule has 1 aliphatic rings. The van der Waals surface area contributed by atoms with Crippen LogP contribution in [-0.4, -0.2) is 41.0 Å². The zero-order chi connectivity index (χ0) is 23.8. The molecule has 1 aliphatic carbocycles. The van der Waals surface area contributed by atoms with Crippen LogP contribution in [0.25, 0.3) is 0 Å². The third-order valence-electron chi connectivity index (χ3n) is 6.94. The Kier molecular flexibility index (Phi) is 11.4. The number of hydrogen-bond donors (Lipinski definition) is 3. The minimum Gasteiger partial charge on any atom is -0.490 e. The monoisotopic (exact) mass is 553 g/mol. The van der Waals surface area contributed by atoms with Crippen molar-refractivity contribution in [1.29, 1.82) is 0 Å². The van der Waals surface area contributed by atoms with E-state index in [1.165, 1.54) is 11.1 Å². The predicted octanol–water partition coefficient (Wildman–Crippen LogP) is 5.58. The number of benzene rings is 2. The van der Waals surface area contributed by atoms with Gasteiger partial charge in [-0.25, -0.2) is 0 Å². The van der Waals surface area contributed by atoms with E-state index in [2.05, 4.69) is 59.4 Å². The first-order chi connectivity index (χ1) is 15.8. The van der Waals surface area contributed by atoms with Crippen LogP contribution in [0.5, 0.6) is 5.75 Å². The van der Waals surface area contributed by atoms with Crippen molar-refractivity contribution in [3.63, 3.8) is 0 Å². The number of aryl methyl sites for hydroxylation is 1. The van der Waals surface area contributed by atoms with Gasteiger partial charge in [-0.1, -0.05) is 44.2 Å². The molecule has 2 aromatic rings. The van der Waals surface area contributed by atoms with Gasteiger partial charge in [0, 0.05) is 18.5 Å². The first-order valence-corrected chi connectivity index (χ1v) is 12.8. The highest BCUT2D eigenvalue weighted by molar-refractivity contribution is 9.10. The SMILES string of the molecule is CCC(CC)(CC1Cc2ccccc2C1)NC[C@@H](O)COc1cc(CCC(=O)O)ccc1Br.Cl. The number of hydrogen-bond acceptors (Lipinski definition) is 4. The zero-order valence-electron chi connectivity index (χ0n) is 20.1. The van der Waals surface area contributed by atoms with Gasteiger partial charge >= 0.3 is 5.97 Å². The Bertz CT molecular complexity index is 910. The Morgan fingerprint density at radius 1 is 1.18 bits per heavy atom. The number of carboxylic acid groups (broad SMARTS) is 1. The lowest BCUT2D eigenvalue weighted by Crippen LogP contribution is -2.49. The smallest absolute Gasteiger partial charge is 0.303 e. The minimum absolute atomic E-state index is 0. The van der Waals surface area contributed by atoms with E-state index in [1.54, 1.807) is 0 Å². The van der Waals surface area contributed by atoms with Gasteiger partial charge in [0.25, 0.3) is 0 Å². The van der Waals surface area contributed by atoms with Crippen LogP contribution in [0, 0.1) is 5.92 Å². The number of carboxylic acids is 1. The molecule has 0 unspecified atom stereocenters. The summed E-state index contributed by atoms with van der Waals surface area (Å²) in [7, 11) is 0. The Hall–Kier alpha value is -1.60. The number of rotatable bonds is 13. The van der Waals surface area contributed by atoms with Gasteiger partial charge in [-0.3, -0.25) is 4.79 Å². The highest BCUT2D eigenvalue weighted by Gasteiger charge is 2.32. The van der Waals surface area contributed by atoms with Crippen LogP contribution in [0.1, 0.15) is 56.2 Å². The van der Waals surface area contributed by atoms with Crippen molar-refractivity contribution in [3.05, 3.63) is 63.6 Å². The van der Waals surface area contributed by atoms with E-state index in [4.69, 9.17) is 9.84 Å². The van der Waals surface area contributed by atoms with Crippen LogP contribution in [0.2, 0.25) is 0 Å². The second-order valence-electron chi connectivity index (χ2n) is 9.24. The third-order valence-corrected chi connectivity index (χ3v) is 7.59. The van der Waals surface area contributed by atoms with Crippen LogP contribution in [0.4, 0.5) is 0 Å². The lowest BCUT2D eigenvalue weighted by Gasteiger charge is -2.36. The van der Waals surface area contributed by atoms with Gasteiger partial charge in [-0.15, -0.1) is 12.4 Å². The largest absolute Gasteiger partial charge is 0.490 e. The molecule has 7 heteroatoms. The van der Waals surface area contributed by atoms with Gasteiger partial charge in [-0.2, -0.15) is 0 Å². The highest BCUT2D eigenvalue weighted by Crippen LogP contribution is 2.34. The Labute approximate surface area is 217 Å². The van der Waals surface area contributed by atoms with Gasteiger partial charge in [0.15, 0.2) is 0 Å². The summed E-state index contributed by atoms with van der Waals surface area (Å²) in [6.07, 6.45) is 5.29. The fourth-order valence-corrected chi connectivity index (χ4v) is 5.21. The number of fused-ring (bicyclic) bond motifs is 1. The van der Waals surface area contributed by atoms with Crippen molar-refractivity contribution in [2.75, 3.05) is 13.2 Å². The summed E-state index contributed by atoms with van der Waals surface area (Å²) in [6, 6.07) is 14.3. The van der Waals surface area contributed by atoms with Gasteiger partial charge in [0.2, 0.25) is 0 Å². The summed E-state index contributed by atoms with van der Waals surface area (Å²) in [6.45, 7) is 5.09. The molecule has 2 aromatic carbocycles. The Morgan fingerprint density at radius 2 is 1.82 bits per heavy atom. The van der Waals surface area contributed by atoms with Gasteiger partial charge < -0.3 is 20.3 Å². The topological polar surface area (TPSA) is 78.8 Å². The van der Waals surface area contributed by atoms with Crippen molar-refractivity contribution >= 4 is 34.3 Å². The van der Waals surface area contributed by atoms with E-state index in [9.17, 15) is 9.90 Å². The van der Waals surface area contributed by atoms with Gasteiger partial charge in [0.1, 0.15) is 18.5 Å². The van der Waals surface area contributed by atoms with Gasteiger partial charge in [-0.05, 0) is 89.2 Å². The van der Waals surface area contributed by atoms with Crippen LogP contribution >= 0.6 is 28.3 Å². The van der Waals surface area contributed by atoms with E-state index < -0.39 is 12.1 Å². The molecular formula is C27H37BrClNO4. The molecule has 0 aliphatic heterocycles. The molecule has 0 bridgehead atoms. The van der Waals surface area contributed by atoms with Crippen molar-refractivity contribution in [1.82, 2.24) is 5.32 Å². The molecule has 1 atom stereocenters. The maximum Gasteiger partial charge on any atom is 0.303 e. The normalized spacial score (nSPS) is 14.4. The summed E-state index contributed by atoms with van der Waals surface area (Å²) in [5.74, 6) is 0.435. The summed E-state index contributed by atoms with van der Waals surface area (Å²) in [4.78, 5) is 10.8. The number of β-amino-alcohol motifs (C(OH)–C–C–N with tert-alkyl or cyclic N) is 1. The predicted molar refractivity (Wildman–Crippen MR) is 142 cm³/mol. The molecule has 5 nitrogen and oxygen atoms in total.